The lowest BCUT2D eigenvalue weighted by atomic mass is 9.70. The molecule has 2 bridgehead atoms. The lowest BCUT2D eigenvalue weighted by molar-refractivity contribution is -0.158. The monoisotopic (exact) mass is 332 g/mol. The van der Waals surface area contributed by atoms with Crippen LogP contribution in [0.15, 0.2) is 24.3 Å². The van der Waals surface area contributed by atoms with Crippen molar-refractivity contribution in [3.63, 3.8) is 0 Å². The predicted molar refractivity (Wildman–Crippen MR) is 87.1 cm³/mol. The molecule has 6 atom stereocenters. The summed E-state index contributed by atoms with van der Waals surface area (Å²) in [5.74, 6) is -1.76. The van der Waals surface area contributed by atoms with Crippen LogP contribution >= 0.6 is 0 Å². The van der Waals surface area contributed by atoms with Crippen LogP contribution in [0.2, 0.25) is 0 Å². The number of methoxy groups -OCH3 is 1. The van der Waals surface area contributed by atoms with Gasteiger partial charge in [-0.3, -0.25) is 14.4 Å². The molecule has 0 amide bonds. The number of rotatable bonds is 1. The topological polar surface area (TPSA) is 69.7 Å². The summed E-state index contributed by atoms with van der Waals surface area (Å²) in [7, 11) is 1.52. The summed E-state index contributed by atoms with van der Waals surface area (Å²) in [5, 5.41) is 0. The predicted octanol–water partition coefficient (Wildman–Crippen LogP) is 2.25. The van der Waals surface area contributed by atoms with E-state index in [0.29, 0.717) is 12.8 Å². The number of ketones is 2. The minimum atomic E-state index is -0.912. The van der Waals surface area contributed by atoms with Crippen molar-refractivity contribution in [3.05, 3.63) is 24.3 Å². The van der Waals surface area contributed by atoms with E-state index in [2.05, 4.69) is 6.08 Å². The van der Waals surface area contributed by atoms with Crippen molar-refractivity contribution in [3.8, 4) is 0 Å². The molecule has 0 N–H and O–H groups in total. The van der Waals surface area contributed by atoms with Gasteiger partial charge in [-0.2, -0.15) is 0 Å². The smallest absolute Gasteiger partial charge is 0.320 e. The van der Waals surface area contributed by atoms with Gasteiger partial charge in [0.2, 0.25) is 0 Å². The van der Waals surface area contributed by atoms with E-state index < -0.39 is 23.6 Å². The van der Waals surface area contributed by atoms with Crippen molar-refractivity contribution in [1.29, 1.82) is 0 Å². The Bertz CT molecular complexity index is 619. The summed E-state index contributed by atoms with van der Waals surface area (Å²) in [6.07, 6.45) is 7.83. The number of hydrogen-bond donors (Lipinski definition) is 0. The molecule has 3 rings (SSSR count). The maximum absolute atomic E-state index is 12.7. The maximum Gasteiger partial charge on any atom is 0.320 e. The number of ether oxygens (including phenoxy) is 2. The minimum absolute atomic E-state index is 0.00413. The molecular formula is C19H24O5. The summed E-state index contributed by atoms with van der Waals surface area (Å²) in [5.41, 5.74) is -0.912. The number of allylic oxidation sites excluding steroid dienone is 2. The van der Waals surface area contributed by atoms with E-state index in [9.17, 15) is 14.4 Å². The van der Waals surface area contributed by atoms with Gasteiger partial charge in [-0.25, -0.2) is 0 Å². The van der Waals surface area contributed by atoms with Gasteiger partial charge in [0, 0.05) is 25.9 Å². The van der Waals surface area contributed by atoms with E-state index in [1.165, 1.54) is 7.11 Å². The lowest BCUT2D eigenvalue weighted by Gasteiger charge is -2.41. The molecule has 130 valence electrons. The molecule has 2 aliphatic carbocycles. The maximum atomic E-state index is 12.7. The molecule has 24 heavy (non-hydrogen) atoms. The zero-order valence-corrected chi connectivity index (χ0v) is 14.4. The number of esters is 1. The van der Waals surface area contributed by atoms with E-state index in [4.69, 9.17) is 9.47 Å². The molecule has 3 aliphatic rings. The van der Waals surface area contributed by atoms with E-state index >= 15 is 0 Å². The molecule has 0 aromatic heterocycles. The molecule has 1 unspecified atom stereocenters. The van der Waals surface area contributed by atoms with Crippen LogP contribution in [0.25, 0.3) is 0 Å². The molecule has 1 aliphatic heterocycles. The first-order valence-corrected chi connectivity index (χ1v) is 8.55. The first-order valence-electron chi connectivity index (χ1n) is 8.55. The standard InChI is InChI=1S/C19H24O5/c1-11-4-5-13-6-7-14(20)8-12(2)9-15(21)16-17(23-3)19(13,10-11)24-18(16)22/h4-7,11-13,16-17H,8-10H2,1-3H3/b7-6+/t11-,12-,13-,16+,17?,19+/m0/s1. The second kappa shape index (κ2) is 6.28. The Hall–Kier alpha value is -1.75. The van der Waals surface area contributed by atoms with Gasteiger partial charge in [0.15, 0.2) is 5.78 Å². The highest BCUT2D eigenvalue weighted by Crippen LogP contribution is 2.48. The van der Waals surface area contributed by atoms with Gasteiger partial charge in [-0.15, -0.1) is 0 Å². The molecule has 0 aromatic rings. The number of carbonyl (C=O) groups is 3. The summed E-state index contributed by atoms with van der Waals surface area (Å²) in [6, 6.07) is 0. The van der Waals surface area contributed by atoms with Crippen LogP contribution in [0.3, 0.4) is 0 Å². The van der Waals surface area contributed by atoms with Crippen molar-refractivity contribution in [2.24, 2.45) is 23.7 Å². The van der Waals surface area contributed by atoms with Crippen LogP contribution in [0.1, 0.15) is 33.1 Å². The van der Waals surface area contributed by atoms with Gasteiger partial charge in [-0.05, 0) is 24.3 Å². The Balaban J connectivity index is 2.11. The highest BCUT2D eigenvalue weighted by molar-refractivity contribution is 6.02. The van der Waals surface area contributed by atoms with Crippen LogP contribution in [-0.2, 0) is 23.9 Å². The molecular weight excluding hydrogens is 308 g/mol. The van der Waals surface area contributed by atoms with Gasteiger partial charge >= 0.3 is 5.97 Å². The Morgan fingerprint density at radius 3 is 2.58 bits per heavy atom. The van der Waals surface area contributed by atoms with Crippen LogP contribution < -0.4 is 0 Å². The third-order valence-electron chi connectivity index (χ3n) is 5.37. The van der Waals surface area contributed by atoms with Crippen LogP contribution in [0.5, 0.6) is 0 Å². The number of fused-ring (bicyclic) bond motifs is 1. The molecule has 1 saturated heterocycles. The average molecular weight is 332 g/mol. The zero-order valence-electron chi connectivity index (χ0n) is 14.4. The fourth-order valence-corrected chi connectivity index (χ4v) is 4.34. The highest BCUT2D eigenvalue weighted by Gasteiger charge is 2.62. The van der Waals surface area contributed by atoms with Crippen molar-refractivity contribution in [1.82, 2.24) is 0 Å². The zero-order chi connectivity index (χ0) is 17.5. The van der Waals surface area contributed by atoms with Gasteiger partial charge < -0.3 is 9.47 Å². The average Bonchev–Trinajstić information content (AvgIpc) is 2.76. The molecule has 0 aromatic carbocycles. The van der Waals surface area contributed by atoms with Crippen LogP contribution in [0, 0.1) is 23.7 Å². The van der Waals surface area contributed by atoms with Crippen molar-refractivity contribution < 1.29 is 23.9 Å². The van der Waals surface area contributed by atoms with E-state index in [-0.39, 0.29) is 35.7 Å². The van der Waals surface area contributed by atoms with E-state index in [1.807, 2.05) is 19.9 Å². The van der Waals surface area contributed by atoms with Crippen molar-refractivity contribution >= 4 is 17.5 Å². The van der Waals surface area contributed by atoms with Crippen molar-refractivity contribution in [2.75, 3.05) is 7.11 Å². The molecule has 0 radical (unpaired) electrons. The van der Waals surface area contributed by atoms with Gasteiger partial charge in [0.05, 0.1) is 0 Å². The largest absolute Gasteiger partial charge is 0.455 e. The fourth-order valence-electron chi connectivity index (χ4n) is 4.34. The second-order valence-corrected chi connectivity index (χ2v) is 7.41. The quantitative estimate of drug-likeness (QED) is 0.418. The summed E-state index contributed by atoms with van der Waals surface area (Å²) in [6.45, 7) is 3.90. The van der Waals surface area contributed by atoms with Crippen LogP contribution in [-0.4, -0.2) is 36.4 Å². The molecule has 0 saturated carbocycles. The third-order valence-corrected chi connectivity index (χ3v) is 5.37. The Morgan fingerprint density at radius 2 is 1.88 bits per heavy atom. The van der Waals surface area contributed by atoms with Gasteiger partial charge in [0.1, 0.15) is 23.4 Å². The molecule has 5 heteroatoms. The summed E-state index contributed by atoms with van der Waals surface area (Å²) < 4.78 is 11.4. The fraction of sp³-hybridized carbons (Fsp3) is 0.632. The summed E-state index contributed by atoms with van der Waals surface area (Å²) >= 11 is 0. The lowest BCUT2D eigenvalue weighted by Crippen LogP contribution is -2.51. The van der Waals surface area contributed by atoms with Gasteiger partial charge in [-0.1, -0.05) is 32.1 Å². The van der Waals surface area contributed by atoms with Crippen molar-refractivity contribution in [2.45, 2.75) is 44.8 Å². The third kappa shape index (κ3) is 2.75. The highest BCUT2D eigenvalue weighted by atomic mass is 16.6. The molecule has 1 fully saturated rings. The molecule has 1 spiro atoms. The minimum Gasteiger partial charge on any atom is -0.455 e. The first-order chi connectivity index (χ1) is 11.4. The molecule has 5 nitrogen and oxygen atoms in total. The van der Waals surface area contributed by atoms with E-state index in [0.717, 1.165) is 0 Å². The Morgan fingerprint density at radius 1 is 1.12 bits per heavy atom. The normalized spacial score (nSPS) is 43.8. The number of Topliss-reactive ketones (excluding diaryl/α,β-unsaturated/α-hetero) is 1. The van der Waals surface area contributed by atoms with E-state index in [1.54, 1.807) is 12.2 Å². The van der Waals surface area contributed by atoms with Crippen LogP contribution in [0.4, 0.5) is 0 Å². The Labute approximate surface area is 142 Å². The number of hydrogen-bond acceptors (Lipinski definition) is 5. The number of carbonyl (C=O) groups excluding carboxylic acids is 3. The SMILES string of the molecule is COC1[C@H]2C(=O)C[C@@H](C)CC(=O)/C=C/[C@@H]3C=C[C@H](C)C[C@]13OC2=O. The first kappa shape index (κ1) is 17.1. The second-order valence-electron chi connectivity index (χ2n) is 7.41. The molecule has 1 heterocycles. The Kier molecular flexibility index (Phi) is 4.47. The van der Waals surface area contributed by atoms with Gasteiger partial charge in [0.25, 0.3) is 0 Å². The summed E-state index contributed by atoms with van der Waals surface area (Å²) in [4.78, 5) is 37.4.